The fourth-order valence-electron chi connectivity index (χ4n) is 2.30. The highest BCUT2D eigenvalue weighted by Gasteiger charge is 2.13. The van der Waals surface area contributed by atoms with Gasteiger partial charge in [-0.2, -0.15) is 5.10 Å². The van der Waals surface area contributed by atoms with Crippen molar-refractivity contribution >= 4 is 18.0 Å². The zero-order chi connectivity index (χ0) is 20.5. The van der Waals surface area contributed by atoms with Gasteiger partial charge in [-0.05, 0) is 24.3 Å². The number of carbonyl (C=O) groups is 2. The van der Waals surface area contributed by atoms with E-state index in [1.165, 1.54) is 45.7 Å². The summed E-state index contributed by atoms with van der Waals surface area (Å²) in [4.78, 5) is 23.7. The molecule has 0 atom stereocenters. The summed E-state index contributed by atoms with van der Waals surface area (Å²) in [6.07, 6.45) is 1.38. The monoisotopic (exact) mass is 389 g/mol. The molecule has 2 N–H and O–H groups in total. The van der Waals surface area contributed by atoms with Crippen molar-refractivity contribution in [2.24, 2.45) is 5.10 Å². The van der Waals surface area contributed by atoms with Gasteiger partial charge in [0.05, 0.1) is 39.7 Å². The summed E-state index contributed by atoms with van der Waals surface area (Å²) in [7, 11) is 4.46. The van der Waals surface area contributed by atoms with E-state index in [-0.39, 0.29) is 12.1 Å². The average Bonchev–Trinajstić information content (AvgIpc) is 2.71. The van der Waals surface area contributed by atoms with Crippen molar-refractivity contribution in [1.82, 2.24) is 10.7 Å². The number of nitrogens with one attached hydrogen (secondary N) is 2. The van der Waals surface area contributed by atoms with Gasteiger partial charge in [-0.15, -0.1) is 0 Å². The maximum Gasteiger partial charge on any atom is 0.259 e. The Morgan fingerprint density at radius 2 is 1.71 bits per heavy atom. The topological polar surface area (TPSA) is 98.2 Å². The fourth-order valence-corrected chi connectivity index (χ4v) is 2.30. The van der Waals surface area contributed by atoms with E-state index in [4.69, 9.17) is 14.2 Å². The molecule has 28 heavy (non-hydrogen) atoms. The molecule has 0 unspecified atom stereocenters. The number of methoxy groups -OCH3 is 3. The summed E-state index contributed by atoms with van der Waals surface area (Å²) < 4.78 is 29.2. The van der Waals surface area contributed by atoms with Gasteiger partial charge in [0.2, 0.25) is 5.75 Å². The van der Waals surface area contributed by atoms with E-state index in [0.29, 0.717) is 22.8 Å². The Bertz CT molecular complexity index is 861. The van der Waals surface area contributed by atoms with Crippen LogP contribution in [0.3, 0.4) is 0 Å². The number of hydrogen-bond donors (Lipinski definition) is 2. The Labute approximate surface area is 161 Å². The minimum absolute atomic E-state index is 0.142. The van der Waals surface area contributed by atoms with Gasteiger partial charge in [-0.25, -0.2) is 9.82 Å². The lowest BCUT2D eigenvalue weighted by Crippen LogP contribution is -2.35. The van der Waals surface area contributed by atoms with Gasteiger partial charge in [0.25, 0.3) is 11.8 Å². The first-order valence-electron chi connectivity index (χ1n) is 8.14. The van der Waals surface area contributed by atoms with Crippen LogP contribution in [0.2, 0.25) is 0 Å². The van der Waals surface area contributed by atoms with Crippen LogP contribution in [0.1, 0.15) is 15.9 Å². The molecule has 148 valence electrons. The van der Waals surface area contributed by atoms with Gasteiger partial charge in [0, 0.05) is 5.56 Å². The molecule has 0 saturated heterocycles. The minimum atomic E-state index is -0.693. The Morgan fingerprint density at radius 3 is 2.29 bits per heavy atom. The molecule has 8 nitrogen and oxygen atoms in total. The van der Waals surface area contributed by atoms with E-state index in [9.17, 15) is 14.0 Å². The second-order valence-electron chi connectivity index (χ2n) is 5.41. The van der Waals surface area contributed by atoms with Crippen LogP contribution >= 0.6 is 0 Å². The molecule has 0 bridgehead atoms. The molecule has 0 radical (unpaired) electrons. The molecule has 0 aliphatic carbocycles. The van der Waals surface area contributed by atoms with Crippen molar-refractivity contribution < 1.29 is 28.2 Å². The third-order valence-electron chi connectivity index (χ3n) is 3.62. The highest BCUT2D eigenvalue weighted by Crippen LogP contribution is 2.37. The lowest BCUT2D eigenvalue weighted by atomic mass is 10.2. The van der Waals surface area contributed by atoms with Crippen molar-refractivity contribution in [3.63, 3.8) is 0 Å². The highest BCUT2D eigenvalue weighted by atomic mass is 19.1. The Kier molecular flexibility index (Phi) is 7.32. The molecule has 2 aromatic rings. The van der Waals surface area contributed by atoms with E-state index < -0.39 is 17.6 Å². The van der Waals surface area contributed by atoms with E-state index in [0.717, 1.165) is 6.07 Å². The van der Waals surface area contributed by atoms with E-state index >= 15 is 0 Å². The number of ether oxygens (including phenoxy) is 3. The number of halogens is 1. The van der Waals surface area contributed by atoms with Gasteiger partial charge in [0.1, 0.15) is 5.82 Å². The van der Waals surface area contributed by atoms with Crippen LogP contribution in [0.4, 0.5) is 4.39 Å². The number of rotatable bonds is 8. The number of benzene rings is 2. The summed E-state index contributed by atoms with van der Waals surface area (Å²) in [6.45, 7) is -0.361. The van der Waals surface area contributed by atoms with Crippen LogP contribution in [0, 0.1) is 5.82 Å². The number of amides is 2. The second kappa shape index (κ2) is 9.91. The SMILES string of the molecule is COc1cc(/C=N\NC(=O)CNC(=O)c2ccccc2F)cc(OC)c1OC. The van der Waals surface area contributed by atoms with Crippen molar-refractivity contribution in [2.45, 2.75) is 0 Å². The third kappa shape index (κ3) is 5.19. The zero-order valence-corrected chi connectivity index (χ0v) is 15.6. The van der Waals surface area contributed by atoms with Gasteiger partial charge in [-0.3, -0.25) is 9.59 Å². The number of nitrogens with zero attached hydrogens (tertiary/aromatic N) is 1. The third-order valence-corrected chi connectivity index (χ3v) is 3.62. The van der Waals surface area contributed by atoms with Crippen molar-refractivity contribution in [3.8, 4) is 17.2 Å². The van der Waals surface area contributed by atoms with Crippen LogP contribution in [0.5, 0.6) is 17.2 Å². The normalized spacial score (nSPS) is 10.4. The maximum atomic E-state index is 13.5. The molecule has 0 heterocycles. The lowest BCUT2D eigenvalue weighted by Gasteiger charge is -2.12. The quantitative estimate of drug-likeness (QED) is 0.529. The van der Waals surface area contributed by atoms with E-state index in [2.05, 4.69) is 15.8 Å². The number of carbonyl (C=O) groups excluding carboxylic acids is 2. The summed E-state index contributed by atoms with van der Waals surface area (Å²) >= 11 is 0. The first-order valence-corrected chi connectivity index (χ1v) is 8.14. The molecule has 2 aromatic carbocycles. The average molecular weight is 389 g/mol. The molecule has 0 spiro atoms. The predicted octanol–water partition coefficient (Wildman–Crippen LogP) is 1.73. The summed E-state index contributed by atoms with van der Waals surface area (Å²) in [5, 5.41) is 6.13. The second-order valence-corrected chi connectivity index (χ2v) is 5.41. The predicted molar refractivity (Wildman–Crippen MR) is 101 cm³/mol. The van der Waals surface area contributed by atoms with Crippen molar-refractivity contribution in [1.29, 1.82) is 0 Å². The smallest absolute Gasteiger partial charge is 0.259 e. The van der Waals surface area contributed by atoms with Crippen LogP contribution < -0.4 is 25.0 Å². The van der Waals surface area contributed by atoms with Gasteiger partial charge >= 0.3 is 0 Å². The van der Waals surface area contributed by atoms with Gasteiger partial charge in [-0.1, -0.05) is 12.1 Å². The molecule has 2 amide bonds. The van der Waals surface area contributed by atoms with E-state index in [1.54, 1.807) is 12.1 Å². The largest absolute Gasteiger partial charge is 0.493 e. The maximum absolute atomic E-state index is 13.5. The van der Waals surface area contributed by atoms with Crippen LogP contribution in [-0.2, 0) is 4.79 Å². The molecule has 0 saturated carbocycles. The highest BCUT2D eigenvalue weighted by molar-refractivity contribution is 5.96. The molecule has 0 aliphatic heterocycles. The summed E-state index contributed by atoms with van der Waals surface area (Å²) in [5.74, 6) is -0.628. The lowest BCUT2D eigenvalue weighted by molar-refractivity contribution is -0.120. The Morgan fingerprint density at radius 1 is 1.07 bits per heavy atom. The van der Waals surface area contributed by atoms with Crippen LogP contribution in [-0.4, -0.2) is 45.9 Å². The van der Waals surface area contributed by atoms with Crippen LogP contribution in [0.15, 0.2) is 41.5 Å². The van der Waals surface area contributed by atoms with Gasteiger partial charge in [0.15, 0.2) is 11.5 Å². The van der Waals surface area contributed by atoms with Gasteiger partial charge < -0.3 is 19.5 Å². The van der Waals surface area contributed by atoms with Crippen molar-refractivity contribution in [2.75, 3.05) is 27.9 Å². The molecule has 9 heteroatoms. The molecule has 2 rings (SSSR count). The van der Waals surface area contributed by atoms with E-state index in [1.807, 2.05) is 0 Å². The van der Waals surface area contributed by atoms with Crippen molar-refractivity contribution in [3.05, 3.63) is 53.3 Å². The molecule has 0 aromatic heterocycles. The Balaban J connectivity index is 1.94. The Hall–Kier alpha value is -3.62. The first kappa shape index (κ1) is 20.7. The molecule has 0 fully saturated rings. The standard InChI is InChI=1S/C19H20FN3O5/c1-26-15-8-12(9-16(27-2)18(15)28-3)10-22-23-17(24)11-21-19(25)13-6-4-5-7-14(13)20/h4-10H,11H2,1-3H3,(H,21,25)(H,23,24)/b22-10-. The number of hydrazone groups is 1. The molecular formula is C19H20FN3O5. The first-order chi connectivity index (χ1) is 13.5. The van der Waals surface area contributed by atoms with Crippen LogP contribution in [0.25, 0.3) is 0 Å². The number of hydrogen-bond acceptors (Lipinski definition) is 6. The summed E-state index contributed by atoms with van der Waals surface area (Å²) in [6, 6.07) is 8.78. The zero-order valence-electron chi connectivity index (χ0n) is 15.6. The molecular weight excluding hydrogens is 369 g/mol. The fraction of sp³-hybridized carbons (Fsp3) is 0.211. The summed E-state index contributed by atoms with van der Waals surface area (Å²) in [5.41, 5.74) is 2.71. The molecule has 0 aliphatic rings. The minimum Gasteiger partial charge on any atom is -0.493 e.